The third kappa shape index (κ3) is 2.87. The zero-order valence-corrected chi connectivity index (χ0v) is 15.4. The average Bonchev–Trinajstić information content (AvgIpc) is 2.60. The van der Waals surface area contributed by atoms with Crippen LogP contribution in [0.1, 0.15) is 48.0 Å². The van der Waals surface area contributed by atoms with E-state index < -0.39 is 37.7 Å². The minimum atomic E-state index is -5.71. The van der Waals surface area contributed by atoms with Crippen LogP contribution in [0.5, 0.6) is 0 Å². The standard InChI is InChI=1S/C16H23F3O4S/c1-12(2,3)14-7-8-15(23-14,13(4,5)6)10-11(9-14)22-24(20,21)16(17,18)19/h7-9H,10H2,1-6H3. The van der Waals surface area contributed by atoms with Crippen molar-refractivity contribution >= 4 is 10.1 Å². The Bertz CT molecular complexity index is 692. The molecule has 2 heterocycles. The van der Waals surface area contributed by atoms with Crippen LogP contribution in [-0.4, -0.2) is 25.1 Å². The monoisotopic (exact) mass is 368 g/mol. The molecule has 0 aromatic rings. The molecule has 0 saturated heterocycles. The lowest BCUT2D eigenvalue weighted by Gasteiger charge is -2.50. The fourth-order valence-electron chi connectivity index (χ4n) is 2.88. The van der Waals surface area contributed by atoms with Gasteiger partial charge in [0.2, 0.25) is 0 Å². The molecule has 0 aromatic heterocycles. The maximum atomic E-state index is 12.7. The first-order chi connectivity index (χ1) is 10.4. The van der Waals surface area contributed by atoms with Crippen LogP contribution >= 0.6 is 0 Å². The van der Waals surface area contributed by atoms with Crippen molar-refractivity contribution in [3.05, 3.63) is 24.0 Å². The van der Waals surface area contributed by atoms with Gasteiger partial charge in [-0.3, -0.25) is 0 Å². The highest BCUT2D eigenvalue weighted by molar-refractivity contribution is 7.87. The molecule has 2 bridgehead atoms. The highest BCUT2D eigenvalue weighted by Gasteiger charge is 2.59. The number of hydrogen-bond acceptors (Lipinski definition) is 4. The van der Waals surface area contributed by atoms with Gasteiger partial charge in [0, 0.05) is 6.42 Å². The molecule has 0 amide bonds. The first-order valence-corrected chi connectivity index (χ1v) is 8.99. The molecule has 0 spiro atoms. The van der Waals surface area contributed by atoms with E-state index in [-0.39, 0.29) is 12.2 Å². The summed E-state index contributed by atoms with van der Waals surface area (Å²) < 4.78 is 71.6. The molecule has 0 aromatic carbocycles. The second-order valence-corrected chi connectivity index (χ2v) is 9.93. The van der Waals surface area contributed by atoms with Crippen molar-refractivity contribution in [2.75, 3.05) is 0 Å². The molecule has 0 radical (unpaired) electrons. The molecule has 0 saturated carbocycles. The second-order valence-electron chi connectivity index (χ2n) is 8.39. The summed E-state index contributed by atoms with van der Waals surface area (Å²) in [6, 6.07) is 0. The summed E-state index contributed by atoms with van der Waals surface area (Å²) in [7, 11) is -5.71. The van der Waals surface area contributed by atoms with Crippen LogP contribution in [0.25, 0.3) is 0 Å². The molecule has 0 fully saturated rings. The lowest BCUT2D eigenvalue weighted by atomic mass is 9.72. The smallest absolute Gasteiger partial charge is 0.381 e. The van der Waals surface area contributed by atoms with Gasteiger partial charge >= 0.3 is 15.6 Å². The quantitative estimate of drug-likeness (QED) is 0.414. The van der Waals surface area contributed by atoms with Crippen LogP contribution in [0, 0.1) is 10.8 Å². The van der Waals surface area contributed by atoms with Crippen molar-refractivity contribution in [2.45, 2.75) is 64.7 Å². The molecule has 8 heteroatoms. The minimum Gasteiger partial charge on any atom is -0.381 e. The van der Waals surface area contributed by atoms with E-state index >= 15 is 0 Å². The van der Waals surface area contributed by atoms with Gasteiger partial charge in [-0.2, -0.15) is 21.6 Å². The number of ether oxygens (including phenoxy) is 1. The van der Waals surface area contributed by atoms with Crippen LogP contribution in [-0.2, 0) is 19.0 Å². The van der Waals surface area contributed by atoms with Crippen LogP contribution in [0.2, 0.25) is 0 Å². The Labute approximate surface area is 140 Å². The Balaban J connectivity index is 2.52. The third-order valence-electron chi connectivity index (χ3n) is 4.71. The number of hydrogen-bond donors (Lipinski definition) is 0. The summed E-state index contributed by atoms with van der Waals surface area (Å²) in [5, 5.41) is 0. The van der Waals surface area contributed by atoms with Crippen molar-refractivity contribution in [3.8, 4) is 0 Å². The summed E-state index contributed by atoms with van der Waals surface area (Å²) in [5.41, 5.74) is -8.42. The normalized spacial score (nSPS) is 31.1. The van der Waals surface area contributed by atoms with Crippen LogP contribution < -0.4 is 0 Å². The maximum absolute atomic E-state index is 12.7. The number of halogens is 3. The Morgan fingerprint density at radius 3 is 2.00 bits per heavy atom. The van der Waals surface area contributed by atoms with E-state index in [1.165, 1.54) is 6.08 Å². The van der Waals surface area contributed by atoms with Gasteiger partial charge in [0.05, 0.1) is 5.60 Å². The highest BCUT2D eigenvalue weighted by Crippen LogP contribution is 2.56. The summed E-state index contributed by atoms with van der Waals surface area (Å²) >= 11 is 0. The highest BCUT2D eigenvalue weighted by atomic mass is 32.2. The molecule has 24 heavy (non-hydrogen) atoms. The number of rotatable bonds is 2. The fourth-order valence-corrected chi connectivity index (χ4v) is 3.36. The van der Waals surface area contributed by atoms with Crippen molar-refractivity contribution in [2.24, 2.45) is 10.8 Å². The van der Waals surface area contributed by atoms with E-state index in [0.29, 0.717) is 0 Å². The zero-order chi connectivity index (χ0) is 18.8. The van der Waals surface area contributed by atoms with Gasteiger partial charge in [0.1, 0.15) is 11.4 Å². The summed E-state index contributed by atoms with van der Waals surface area (Å²) in [6.07, 6.45) is 4.87. The molecular formula is C16H23F3O4S. The van der Waals surface area contributed by atoms with E-state index in [2.05, 4.69) is 4.18 Å². The topological polar surface area (TPSA) is 52.6 Å². The van der Waals surface area contributed by atoms with Gasteiger partial charge in [0.25, 0.3) is 0 Å². The SMILES string of the molecule is CC(C)(C)C12C=CC(C(C)(C)C)(CC(OS(=O)(=O)C(F)(F)F)=C1)O2. The summed E-state index contributed by atoms with van der Waals surface area (Å²) in [4.78, 5) is 0. The summed E-state index contributed by atoms with van der Waals surface area (Å²) in [5.74, 6) is -0.242. The van der Waals surface area contributed by atoms with Gasteiger partial charge < -0.3 is 8.92 Å². The largest absolute Gasteiger partial charge is 0.534 e. The van der Waals surface area contributed by atoms with Gasteiger partial charge in [0.15, 0.2) is 0 Å². The van der Waals surface area contributed by atoms with Crippen molar-refractivity contribution in [3.63, 3.8) is 0 Å². The molecule has 138 valence electrons. The second kappa shape index (κ2) is 5.00. The molecule has 0 N–H and O–H groups in total. The van der Waals surface area contributed by atoms with Gasteiger partial charge in [-0.1, -0.05) is 47.6 Å². The number of alkyl halides is 3. The minimum absolute atomic E-state index is 0.0832. The predicted octanol–water partition coefficient (Wildman–Crippen LogP) is 4.30. The predicted molar refractivity (Wildman–Crippen MR) is 83.4 cm³/mol. The first-order valence-electron chi connectivity index (χ1n) is 7.58. The number of fused-ring (bicyclic) bond motifs is 2. The van der Waals surface area contributed by atoms with E-state index in [0.717, 1.165) is 0 Å². The van der Waals surface area contributed by atoms with Gasteiger partial charge in [-0.05, 0) is 23.0 Å². The van der Waals surface area contributed by atoms with Crippen LogP contribution in [0.15, 0.2) is 24.0 Å². The third-order valence-corrected chi connectivity index (χ3v) is 5.71. The van der Waals surface area contributed by atoms with Gasteiger partial charge in [-0.25, -0.2) is 0 Å². The molecule has 0 aliphatic carbocycles. The lowest BCUT2D eigenvalue weighted by molar-refractivity contribution is -0.167. The Kier molecular flexibility index (Phi) is 4.02. The molecule has 2 rings (SSSR count). The van der Waals surface area contributed by atoms with Crippen LogP contribution in [0.3, 0.4) is 0 Å². The Hall–Kier alpha value is -1.02. The first kappa shape index (κ1) is 19.3. The fraction of sp³-hybridized carbons (Fsp3) is 0.750. The van der Waals surface area contributed by atoms with Gasteiger partial charge in [-0.15, -0.1) is 0 Å². The molecule has 4 nitrogen and oxygen atoms in total. The molecule has 2 unspecified atom stereocenters. The molecule has 2 atom stereocenters. The Morgan fingerprint density at radius 1 is 1.04 bits per heavy atom. The van der Waals surface area contributed by atoms with E-state index in [9.17, 15) is 21.6 Å². The van der Waals surface area contributed by atoms with Crippen molar-refractivity contribution < 1.29 is 30.5 Å². The molecule has 2 aliphatic rings. The lowest BCUT2D eigenvalue weighted by Crippen LogP contribution is -2.53. The van der Waals surface area contributed by atoms with Crippen molar-refractivity contribution in [1.29, 1.82) is 0 Å². The summed E-state index contributed by atoms with van der Waals surface area (Å²) in [6.45, 7) is 11.3. The van der Waals surface area contributed by atoms with Crippen LogP contribution in [0.4, 0.5) is 13.2 Å². The zero-order valence-electron chi connectivity index (χ0n) is 14.6. The molecular weight excluding hydrogens is 345 g/mol. The van der Waals surface area contributed by atoms with E-state index in [1.54, 1.807) is 6.08 Å². The van der Waals surface area contributed by atoms with E-state index in [4.69, 9.17) is 4.74 Å². The Morgan fingerprint density at radius 2 is 1.58 bits per heavy atom. The van der Waals surface area contributed by atoms with Crippen molar-refractivity contribution in [1.82, 2.24) is 0 Å². The molecule has 2 aliphatic heterocycles. The van der Waals surface area contributed by atoms with E-state index in [1.807, 2.05) is 47.6 Å². The average molecular weight is 368 g/mol. The maximum Gasteiger partial charge on any atom is 0.534 e.